The molecular formula is C9H16O2. The molecule has 1 saturated heterocycles. The van der Waals surface area contributed by atoms with Crippen LogP contribution in [0.5, 0.6) is 0 Å². The van der Waals surface area contributed by atoms with Crippen molar-refractivity contribution >= 4 is 0 Å². The van der Waals surface area contributed by atoms with Crippen molar-refractivity contribution in [2.24, 2.45) is 0 Å². The molecule has 1 aliphatic heterocycles. The minimum absolute atomic E-state index is 0.138. The molecule has 0 aromatic carbocycles. The van der Waals surface area contributed by atoms with E-state index in [1.54, 1.807) is 0 Å². The van der Waals surface area contributed by atoms with Gasteiger partial charge in [-0.1, -0.05) is 6.92 Å². The van der Waals surface area contributed by atoms with Gasteiger partial charge in [-0.25, -0.2) is 0 Å². The molecule has 1 heterocycles. The minimum atomic E-state index is -0.138. The van der Waals surface area contributed by atoms with Crippen LogP contribution in [0.3, 0.4) is 0 Å². The number of hydrogen-bond donors (Lipinski definition) is 0. The van der Waals surface area contributed by atoms with Gasteiger partial charge in [0, 0.05) is 12.8 Å². The van der Waals surface area contributed by atoms with E-state index >= 15 is 0 Å². The molecule has 2 heteroatoms. The molecule has 2 rings (SSSR count). The fourth-order valence-corrected chi connectivity index (χ4v) is 1.99. The van der Waals surface area contributed by atoms with Crippen LogP contribution in [0.4, 0.5) is 0 Å². The Bertz CT molecular complexity index is 138. The van der Waals surface area contributed by atoms with Crippen molar-refractivity contribution in [2.75, 3.05) is 6.61 Å². The molecule has 11 heavy (non-hydrogen) atoms. The molecule has 0 aromatic rings. The second-order valence-corrected chi connectivity index (χ2v) is 3.58. The Morgan fingerprint density at radius 1 is 1.36 bits per heavy atom. The summed E-state index contributed by atoms with van der Waals surface area (Å²) in [6.45, 7) is 2.97. The normalized spacial score (nSPS) is 35.2. The Labute approximate surface area is 67.9 Å². The highest BCUT2D eigenvalue weighted by molar-refractivity contribution is 4.83. The zero-order valence-corrected chi connectivity index (χ0v) is 7.14. The van der Waals surface area contributed by atoms with Crippen molar-refractivity contribution in [3.05, 3.63) is 0 Å². The summed E-state index contributed by atoms with van der Waals surface area (Å²) in [6, 6.07) is 0. The smallest absolute Gasteiger partial charge is 0.168 e. The van der Waals surface area contributed by atoms with Gasteiger partial charge in [0.1, 0.15) is 0 Å². The summed E-state index contributed by atoms with van der Waals surface area (Å²) in [5.41, 5.74) is 0. The molecule has 2 aliphatic rings. The summed E-state index contributed by atoms with van der Waals surface area (Å²) < 4.78 is 11.5. The quantitative estimate of drug-likeness (QED) is 0.578. The fourth-order valence-electron chi connectivity index (χ4n) is 1.99. The van der Waals surface area contributed by atoms with Gasteiger partial charge in [-0.05, 0) is 19.3 Å². The first-order chi connectivity index (χ1) is 5.35. The minimum Gasteiger partial charge on any atom is -0.347 e. The first kappa shape index (κ1) is 7.56. The fraction of sp³-hybridized carbons (Fsp3) is 1.00. The summed E-state index contributed by atoms with van der Waals surface area (Å²) in [6.07, 6.45) is 6.23. The standard InChI is InChI=1S/C9H16O2/c1-2-8-7-10-9(11-8)5-3-4-6-9/h8H,2-7H2,1H3. The maximum atomic E-state index is 5.84. The van der Waals surface area contributed by atoms with E-state index in [1.165, 1.54) is 12.8 Å². The molecule has 0 bridgehead atoms. The van der Waals surface area contributed by atoms with Gasteiger partial charge in [0.25, 0.3) is 0 Å². The summed E-state index contributed by atoms with van der Waals surface area (Å²) in [7, 11) is 0. The zero-order chi connectivity index (χ0) is 7.73. The highest BCUT2D eigenvalue weighted by Gasteiger charge is 2.42. The van der Waals surface area contributed by atoms with Crippen LogP contribution in [0, 0.1) is 0 Å². The van der Waals surface area contributed by atoms with Gasteiger partial charge in [0.05, 0.1) is 12.7 Å². The molecule has 1 aliphatic carbocycles. The van der Waals surface area contributed by atoms with Crippen molar-refractivity contribution in [1.82, 2.24) is 0 Å². The molecule has 0 N–H and O–H groups in total. The first-order valence-corrected chi connectivity index (χ1v) is 4.66. The largest absolute Gasteiger partial charge is 0.347 e. The van der Waals surface area contributed by atoms with Crippen LogP contribution in [0.1, 0.15) is 39.0 Å². The molecule has 1 saturated carbocycles. The van der Waals surface area contributed by atoms with Crippen molar-refractivity contribution in [3.8, 4) is 0 Å². The number of ether oxygens (including phenoxy) is 2. The third-order valence-electron chi connectivity index (χ3n) is 2.73. The lowest BCUT2D eigenvalue weighted by molar-refractivity contribution is -0.161. The molecule has 0 amide bonds. The monoisotopic (exact) mass is 156 g/mol. The third kappa shape index (κ3) is 1.30. The zero-order valence-electron chi connectivity index (χ0n) is 7.14. The summed E-state index contributed by atoms with van der Waals surface area (Å²) in [5.74, 6) is -0.138. The van der Waals surface area contributed by atoms with Crippen LogP contribution in [0.15, 0.2) is 0 Å². The van der Waals surface area contributed by atoms with Crippen molar-refractivity contribution in [2.45, 2.75) is 50.9 Å². The van der Waals surface area contributed by atoms with E-state index < -0.39 is 0 Å². The van der Waals surface area contributed by atoms with Gasteiger partial charge >= 0.3 is 0 Å². The summed E-state index contributed by atoms with van der Waals surface area (Å²) in [4.78, 5) is 0. The van der Waals surface area contributed by atoms with Crippen LogP contribution in [0.25, 0.3) is 0 Å². The van der Waals surface area contributed by atoms with Gasteiger partial charge in [-0.2, -0.15) is 0 Å². The second kappa shape index (κ2) is 2.76. The topological polar surface area (TPSA) is 18.5 Å². The first-order valence-electron chi connectivity index (χ1n) is 4.66. The Hall–Kier alpha value is -0.0800. The Balaban J connectivity index is 1.96. The van der Waals surface area contributed by atoms with Crippen molar-refractivity contribution < 1.29 is 9.47 Å². The van der Waals surface area contributed by atoms with Crippen LogP contribution in [0.2, 0.25) is 0 Å². The Morgan fingerprint density at radius 3 is 2.64 bits per heavy atom. The maximum absolute atomic E-state index is 5.84. The lowest BCUT2D eigenvalue weighted by Gasteiger charge is -2.21. The maximum Gasteiger partial charge on any atom is 0.168 e. The molecule has 2 fully saturated rings. The van der Waals surface area contributed by atoms with E-state index in [9.17, 15) is 0 Å². The van der Waals surface area contributed by atoms with Gasteiger partial charge in [0.2, 0.25) is 0 Å². The molecule has 2 nitrogen and oxygen atoms in total. The molecule has 1 unspecified atom stereocenters. The van der Waals surface area contributed by atoms with Gasteiger partial charge in [-0.15, -0.1) is 0 Å². The van der Waals surface area contributed by atoms with Gasteiger partial charge in [0.15, 0.2) is 5.79 Å². The predicted molar refractivity (Wildman–Crippen MR) is 42.3 cm³/mol. The van der Waals surface area contributed by atoms with E-state index in [2.05, 4.69) is 6.92 Å². The van der Waals surface area contributed by atoms with Crippen LogP contribution < -0.4 is 0 Å². The van der Waals surface area contributed by atoms with Crippen LogP contribution >= 0.6 is 0 Å². The Kier molecular flexibility index (Phi) is 1.90. The lowest BCUT2D eigenvalue weighted by Crippen LogP contribution is -2.26. The second-order valence-electron chi connectivity index (χ2n) is 3.58. The average Bonchev–Trinajstić information content (AvgIpc) is 2.62. The van der Waals surface area contributed by atoms with E-state index in [0.717, 1.165) is 25.9 Å². The van der Waals surface area contributed by atoms with Crippen molar-refractivity contribution in [3.63, 3.8) is 0 Å². The van der Waals surface area contributed by atoms with Gasteiger partial charge < -0.3 is 9.47 Å². The van der Waals surface area contributed by atoms with Gasteiger partial charge in [-0.3, -0.25) is 0 Å². The van der Waals surface area contributed by atoms with E-state index in [0.29, 0.717) is 6.10 Å². The third-order valence-corrected chi connectivity index (χ3v) is 2.73. The molecule has 64 valence electrons. The molecule has 1 spiro atoms. The number of hydrogen-bond acceptors (Lipinski definition) is 2. The molecule has 1 atom stereocenters. The van der Waals surface area contributed by atoms with E-state index in [4.69, 9.17) is 9.47 Å². The average molecular weight is 156 g/mol. The van der Waals surface area contributed by atoms with E-state index in [-0.39, 0.29) is 5.79 Å². The van der Waals surface area contributed by atoms with E-state index in [1.807, 2.05) is 0 Å². The summed E-state index contributed by atoms with van der Waals surface area (Å²) in [5, 5.41) is 0. The highest BCUT2D eigenvalue weighted by atomic mass is 16.7. The lowest BCUT2D eigenvalue weighted by atomic mass is 10.2. The van der Waals surface area contributed by atoms with Crippen molar-refractivity contribution in [1.29, 1.82) is 0 Å². The predicted octanol–water partition coefficient (Wildman–Crippen LogP) is 2.08. The number of rotatable bonds is 1. The SMILES string of the molecule is CCC1COC2(CCCC2)O1. The molecule has 0 radical (unpaired) electrons. The van der Waals surface area contributed by atoms with Crippen LogP contribution in [-0.2, 0) is 9.47 Å². The molecular weight excluding hydrogens is 140 g/mol. The highest BCUT2D eigenvalue weighted by Crippen LogP contribution is 2.39. The molecule has 0 aromatic heterocycles. The Morgan fingerprint density at radius 2 is 2.09 bits per heavy atom. The van der Waals surface area contributed by atoms with Crippen LogP contribution in [-0.4, -0.2) is 18.5 Å². The summed E-state index contributed by atoms with van der Waals surface area (Å²) >= 11 is 0.